The lowest BCUT2D eigenvalue weighted by Gasteiger charge is -2.28. The maximum atomic E-state index is 12.9. The van der Waals surface area contributed by atoms with Crippen LogP contribution in [-0.2, 0) is 20.7 Å². The quantitative estimate of drug-likeness (QED) is 0.225. The van der Waals surface area contributed by atoms with Gasteiger partial charge in [0.25, 0.3) is 0 Å². The largest absolute Gasteiger partial charge is 0.464 e. The summed E-state index contributed by atoms with van der Waals surface area (Å²) in [6.07, 6.45) is 2.88. The molecule has 2 atom stereocenters. The van der Waals surface area contributed by atoms with Crippen LogP contribution in [0.5, 0.6) is 0 Å². The number of nitrogens with one attached hydrogen (secondary N) is 1. The maximum Gasteiger partial charge on any atom is 0.328 e. The highest BCUT2D eigenvalue weighted by Gasteiger charge is 2.29. The lowest BCUT2D eigenvalue weighted by atomic mass is 10.0. The van der Waals surface area contributed by atoms with Gasteiger partial charge in [0.05, 0.1) is 6.61 Å². The summed E-state index contributed by atoms with van der Waals surface area (Å²) in [6.45, 7) is 2.38. The molecule has 0 aliphatic carbocycles. The fourth-order valence-corrected chi connectivity index (χ4v) is 3.11. The lowest BCUT2D eigenvalue weighted by Crippen LogP contribution is -2.55. The minimum atomic E-state index is -0.683. The van der Waals surface area contributed by atoms with E-state index in [2.05, 4.69) is 5.32 Å². The highest BCUT2D eigenvalue weighted by atomic mass is 35.5. The molecule has 0 aromatic heterocycles. The molecule has 0 fully saturated rings. The predicted molar refractivity (Wildman–Crippen MR) is 114 cm³/mol. The van der Waals surface area contributed by atoms with Gasteiger partial charge in [0.2, 0.25) is 5.91 Å². The van der Waals surface area contributed by atoms with Gasteiger partial charge in [-0.1, -0.05) is 30.3 Å². The number of benzene rings is 1. The second-order valence-corrected chi connectivity index (χ2v) is 7.09. The standard InChI is InChI=1S/C18H28ClN3O3S.ClH/c1-3-25-18(24)15(9-12-26-2)21-17(23)16(22(20)11-10-19)13-14-7-5-4-6-8-14;/h4-8,15-16H,3,9-13,20H2,1-2H3,(H,21,23);1H/t15-,16-;/m0./s1. The number of ether oxygens (including phenoxy) is 1. The van der Waals surface area contributed by atoms with E-state index in [0.717, 1.165) is 11.3 Å². The van der Waals surface area contributed by atoms with E-state index in [1.165, 1.54) is 5.01 Å². The molecule has 0 aliphatic rings. The van der Waals surface area contributed by atoms with Gasteiger partial charge in [-0.15, -0.1) is 24.0 Å². The summed E-state index contributed by atoms with van der Waals surface area (Å²) in [5, 5.41) is 4.23. The molecule has 0 saturated heterocycles. The molecular weight excluding hydrogens is 409 g/mol. The van der Waals surface area contributed by atoms with Gasteiger partial charge < -0.3 is 10.1 Å². The van der Waals surface area contributed by atoms with Gasteiger partial charge in [0, 0.05) is 12.4 Å². The van der Waals surface area contributed by atoms with Crippen LogP contribution >= 0.6 is 35.8 Å². The Labute approximate surface area is 176 Å². The number of hydrogen-bond donors (Lipinski definition) is 2. The summed E-state index contributed by atoms with van der Waals surface area (Å²) >= 11 is 7.39. The minimum absolute atomic E-state index is 0. The van der Waals surface area contributed by atoms with E-state index < -0.39 is 18.1 Å². The van der Waals surface area contributed by atoms with Gasteiger partial charge in [0.1, 0.15) is 12.1 Å². The number of carbonyl (C=O) groups is 2. The van der Waals surface area contributed by atoms with Crippen molar-refractivity contribution < 1.29 is 14.3 Å². The summed E-state index contributed by atoms with van der Waals surface area (Å²) in [4.78, 5) is 25.0. The van der Waals surface area contributed by atoms with E-state index in [-0.39, 0.29) is 24.9 Å². The first kappa shape index (κ1) is 26.0. The van der Waals surface area contributed by atoms with Crippen molar-refractivity contribution in [3.8, 4) is 0 Å². The molecular formula is C18H29Cl2N3O3S. The molecule has 3 N–H and O–H groups in total. The van der Waals surface area contributed by atoms with Crippen LogP contribution in [-0.4, -0.2) is 60.0 Å². The van der Waals surface area contributed by atoms with Crippen LogP contribution in [0.15, 0.2) is 30.3 Å². The Morgan fingerprint density at radius 1 is 1.33 bits per heavy atom. The molecule has 0 aliphatic heterocycles. The fourth-order valence-electron chi connectivity index (χ4n) is 2.45. The summed E-state index contributed by atoms with van der Waals surface area (Å²) in [6, 6.07) is 8.30. The fraction of sp³-hybridized carbons (Fsp3) is 0.556. The number of thioether (sulfide) groups is 1. The third-order valence-electron chi connectivity index (χ3n) is 3.82. The summed E-state index contributed by atoms with van der Waals surface area (Å²) < 4.78 is 5.08. The van der Waals surface area contributed by atoms with Crippen LogP contribution in [0.2, 0.25) is 0 Å². The zero-order valence-corrected chi connectivity index (χ0v) is 18.1. The highest BCUT2D eigenvalue weighted by molar-refractivity contribution is 7.98. The molecule has 0 radical (unpaired) electrons. The van der Waals surface area contributed by atoms with Gasteiger partial charge in [0.15, 0.2) is 0 Å². The van der Waals surface area contributed by atoms with Crippen molar-refractivity contribution in [2.45, 2.75) is 31.8 Å². The van der Waals surface area contributed by atoms with Crippen molar-refractivity contribution in [3.05, 3.63) is 35.9 Å². The lowest BCUT2D eigenvalue weighted by molar-refractivity contribution is -0.148. The molecule has 1 aromatic carbocycles. The van der Waals surface area contributed by atoms with Crippen molar-refractivity contribution >= 4 is 47.6 Å². The summed E-state index contributed by atoms with van der Waals surface area (Å²) in [5.41, 5.74) is 0.981. The Morgan fingerprint density at radius 3 is 2.56 bits per heavy atom. The molecule has 0 heterocycles. The molecule has 27 heavy (non-hydrogen) atoms. The SMILES string of the molecule is CCOC(=O)[C@H](CCSC)NC(=O)[C@H](Cc1ccccc1)N(N)CCCl.Cl. The second-order valence-electron chi connectivity index (χ2n) is 5.73. The van der Waals surface area contributed by atoms with E-state index in [4.69, 9.17) is 22.2 Å². The van der Waals surface area contributed by atoms with Crippen LogP contribution in [0.25, 0.3) is 0 Å². The number of rotatable bonds is 12. The molecule has 1 aromatic rings. The van der Waals surface area contributed by atoms with Crippen LogP contribution in [0.3, 0.4) is 0 Å². The van der Waals surface area contributed by atoms with Gasteiger partial charge in [-0.3, -0.25) is 10.6 Å². The van der Waals surface area contributed by atoms with Gasteiger partial charge >= 0.3 is 5.97 Å². The first-order valence-electron chi connectivity index (χ1n) is 8.60. The first-order chi connectivity index (χ1) is 12.5. The number of hydrazine groups is 1. The zero-order valence-electron chi connectivity index (χ0n) is 15.7. The number of hydrogen-bond acceptors (Lipinski definition) is 6. The van der Waals surface area contributed by atoms with Crippen LogP contribution in [0.1, 0.15) is 18.9 Å². The van der Waals surface area contributed by atoms with Crippen LogP contribution in [0, 0.1) is 0 Å². The third-order valence-corrected chi connectivity index (χ3v) is 4.63. The van der Waals surface area contributed by atoms with Crippen LogP contribution in [0.4, 0.5) is 0 Å². The third kappa shape index (κ3) is 9.67. The van der Waals surface area contributed by atoms with Gasteiger partial charge in [-0.25, -0.2) is 9.80 Å². The highest BCUT2D eigenvalue weighted by Crippen LogP contribution is 2.10. The second kappa shape index (κ2) is 15.0. The molecule has 0 bridgehead atoms. The van der Waals surface area contributed by atoms with Crippen molar-refractivity contribution in [1.82, 2.24) is 10.3 Å². The van der Waals surface area contributed by atoms with E-state index in [9.17, 15) is 9.59 Å². The monoisotopic (exact) mass is 437 g/mol. The van der Waals surface area contributed by atoms with Gasteiger partial charge in [-0.05, 0) is 37.3 Å². The average molecular weight is 438 g/mol. The number of carbonyl (C=O) groups excluding carboxylic acids is 2. The Morgan fingerprint density at radius 2 is 2.00 bits per heavy atom. The van der Waals surface area contributed by atoms with Crippen molar-refractivity contribution in [2.24, 2.45) is 5.84 Å². The first-order valence-corrected chi connectivity index (χ1v) is 10.5. The smallest absolute Gasteiger partial charge is 0.328 e. The predicted octanol–water partition coefficient (Wildman–Crippen LogP) is 2.23. The zero-order chi connectivity index (χ0) is 19.4. The Hall–Kier alpha value is -0.990. The Balaban J connectivity index is 0.00000676. The Kier molecular flexibility index (Phi) is 14.4. The van der Waals surface area contributed by atoms with Crippen molar-refractivity contribution in [3.63, 3.8) is 0 Å². The van der Waals surface area contributed by atoms with Crippen LogP contribution < -0.4 is 11.2 Å². The molecule has 0 unspecified atom stereocenters. The van der Waals surface area contributed by atoms with E-state index in [1.54, 1.807) is 18.7 Å². The van der Waals surface area contributed by atoms with E-state index >= 15 is 0 Å². The summed E-state index contributed by atoms with van der Waals surface area (Å²) in [5.74, 6) is 6.37. The number of nitrogens with zero attached hydrogens (tertiary/aromatic N) is 1. The maximum absolute atomic E-state index is 12.9. The average Bonchev–Trinajstić information content (AvgIpc) is 2.64. The number of nitrogens with two attached hydrogens (primary N) is 1. The Bertz CT molecular complexity index is 552. The van der Waals surface area contributed by atoms with E-state index in [0.29, 0.717) is 25.3 Å². The molecule has 9 heteroatoms. The number of amides is 1. The topological polar surface area (TPSA) is 84.7 Å². The normalized spacial score (nSPS) is 12.8. The molecule has 6 nitrogen and oxygen atoms in total. The number of esters is 1. The van der Waals surface area contributed by atoms with Crippen molar-refractivity contribution in [2.75, 3.05) is 31.0 Å². The van der Waals surface area contributed by atoms with Crippen molar-refractivity contribution in [1.29, 1.82) is 0 Å². The molecule has 1 amide bonds. The van der Waals surface area contributed by atoms with Gasteiger partial charge in [-0.2, -0.15) is 11.8 Å². The number of halogens is 2. The summed E-state index contributed by atoms with van der Waals surface area (Å²) in [7, 11) is 0. The van der Waals surface area contributed by atoms with E-state index in [1.807, 2.05) is 36.6 Å². The molecule has 0 saturated carbocycles. The molecule has 0 spiro atoms. The molecule has 154 valence electrons. The number of alkyl halides is 1. The minimum Gasteiger partial charge on any atom is -0.464 e. The molecule has 1 rings (SSSR count).